The van der Waals surface area contributed by atoms with Gasteiger partial charge >= 0.3 is 0 Å². The molecule has 0 bridgehead atoms. The SMILES string of the molecule is CCCC(C)NC(=O)CN(C1CCCCC1)S(=O)(=O)c1ccc(C)cc1. The maximum Gasteiger partial charge on any atom is 0.243 e. The topological polar surface area (TPSA) is 66.5 Å². The number of sulfonamides is 1. The van der Waals surface area contributed by atoms with Crippen LogP contribution in [0.5, 0.6) is 0 Å². The lowest BCUT2D eigenvalue weighted by molar-refractivity contribution is -0.122. The van der Waals surface area contributed by atoms with Crippen LogP contribution in [0, 0.1) is 6.92 Å². The molecule has 0 saturated heterocycles. The zero-order valence-corrected chi connectivity index (χ0v) is 17.0. The fourth-order valence-corrected chi connectivity index (χ4v) is 5.23. The summed E-state index contributed by atoms with van der Waals surface area (Å²) in [5.41, 5.74) is 1.01. The smallest absolute Gasteiger partial charge is 0.243 e. The highest BCUT2D eigenvalue weighted by molar-refractivity contribution is 7.89. The van der Waals surface area contributed by atoms with E-state index in [0.29, 0.717) is 0 Å². The minimum absolute atomic E-state index is 0.0581. The first-order valence-electron chi connectivity index (χ1n) is 9.72. The van der Waals surface area contributed by atoms with Crippen molar-refractivity contribution >= 4 is 15.9 Å². The van der Waals surface area contributed by atoms with Crippen molar-refractivity contribution in [1.82, 2.24) is 9.62 Å². The molecule has 0 heterocycles. The van der Waals surface area contributed by atoms with E-state index in [4.69, 9.17) is 0 Å². The quantitative estimate of drug-likeness (QED) is 0.749. The Balaban J connectivity index is 2.22. The lowest BCUT2D eigenvalue weighted by Crippen LogP contribution is -2.48. The number of nitrogens with one attached hydrogen (secondary N) is 1. The van der Waals surface area contributed by atoms with Gasteiger partial charge in [-0.15, -0.1) is 0 Å². The van der Waals surface area contributed by atoms with E-state index in [2.05, 4.69) is 12.2 Å². The third-order valence-corrected chi connectivity index (χ3v) is 6.95. The molecule has 2 rings (SSSR count). The van der Waals surface area contributed by atoms with Gasteiger partial charge in [-0.2, -0.15) is 4.31 Å². The van der Waals surface area contributed by atoms with Gasteiger partial charge in [0.1, 0.15) is 0 Å². The lowest BCUT2D eigenvalue weighted by Gasteiger charge is -2.33. The third kappa shape index (κ3) is 5.55. The van der Waals surface area contributed by atoms with Crippen molar-refractivity contribution in [1.29, 1.82) is 0 Å². The third-order valence-electron chi connectivity index (χ3n) is 5.04. The Morgan fingerprint density at radius 1 is 1.19 bits per heavy atom. The van der Waals surface area contributed by atoms with Gasteiger partial charge in [-0.05, 0) is 45.2 Å². The minimum atomic E-state index is -3.69. The molecular formula is C20H32N2O3S. The molecule has 1 amide bonds. The van der Waals surface area contributed by atoms with Crippen LogP contribution in [0.15, 0.2) is 29.2 Å². The predicted molar refractivity (Wildman–Crippen MR) is 104 cm³/mol. The van der Waals surface area contributed by atoms with Crippen molar-refractivity contribution in [3.63, 3.8) is 0 Å². The number of benzene rings is 1. The van der Waals surface area contributed by atoms with Gasteiger partial charge < -0.3 is 5.32 Å². The highest BCUT2D eigenvalue weighted by Gasteiger charge is 2.34. The van der Waals surface area contributed by atoms with Gasteiger partial charge in [-0.1, -0.05) is 50.3 Å². The lowest BCUT2D eigenvalue weighted by atomic mass is 9.95. The van der Waals surface area contributed by atoms with E-state index < -0.39 is 10.0 Å². The molecule has 5 nitrogen and oxygen atoms in total. The normalized spacial score (nSPS) is 17.2. The highest BCUT2D eigenvalue weighted by atomic mass is 32.2. The summed E-state index contributed by atoms with van der Waals surface area (Å²) in [6, 6.07) is 6.84. The van der Waals surface area contributed by atoms with Crippen molar-refractivity contribution in [2.75, 3.05) is 6.54 Å². The summed E-state index contributed by atoms with van der Waals surface area (Å²) < 4.78 is 27.9. The molecule has 146 valence electrons. The van der Waals surface area contributed by atoms with E-state index >= 15 is 0 Å². The van der Waals surface area contributed by atoms with Crippen LogP contribution < -0.4 is 5.32 Å². The second-order valence-electron chi connectivity index (χ2n) is 7.41. The van der Waals surface area contributed by atoms with Crippen LogP contribution in [0.25, 0.3) is 0 Å². The molecule has 1 atom stereocenters. The molecule has 26 heavy (non-hydrogen) atoms. The Morgan fingerprint density at radius 3 is 2.38 bits per heavy atom. The van der Waals surface area contributed by atoms with Crippen molar-refractivity contribution in [2.45, 2.75) is 82.7 Å². The van der Waals surface area contributed by atoms with Gasteiger partial charge in [0, 0.05) is 12.1 Å². The van der Waals surface area contributed by atoms with Crippen LogP contribution in [0.3, 0.4) is 0 Å². The molecule has 1 fully saturated rings. The first-order valence-corrected chi connectivity index (χ1v) is 11.2. The van der Waals surface area contributed by atoms with E-state index in [1.807, 2.05) is 13.8 Å². The molecule has 1 aliphatic rings. The zero-order valence-electron chi connectivity index (χ0n) is 16.2. The summed E-state index contributed by atoms with van der Waals surface area (Å²) in [5, 5.41) is 2.94. The summed E-state index contributed by atoms with van der Waals surface area (Å²) >= 11 is 0. The van der Waals surface area contributed by atoms with Crippen LogP contribution >= 0.6 is 0 Å². The van der Waals surface area contributed by atoms with Crippen LogP contribution in [0.1, 0.15) is 64.4 Å². The van der Waals surface area contributed by atoms with E-state index in [0.717, 1.165) is 50.5 Å². The standard InChI is InChI=1S/C20H32N2O3S/c1-4-8-17(3)21-20(23)15-22(18-9-6-5-7-10-18)26(24,25)19-13-11-16(2)12-14-19/h11-14,17-18H,4-10,15H2,1-3H3,(H,21,23). The van der Waals surface area contributed by atoms with E-state index in [-0.39, 0.29) is 29.4 Å². The number of carbonyl (C=O) groups is 1. The molecule has 1 N–H and O–H groups in total. The maximum atomic E-state index is 13.2. The molecule has 0 radical (unpaired) electrons. The number of aryl methyl sites for hydroxylation is 1. The molecule has 0 aromatic heterocycles. The summed E-state index contributed by atoms with van der Waals surface area (Å²) in [6.07, 6.45) is 6.67. The molecule has 1 aromatic rings. The van der Waals surface area contributed by atoms with E-state index in [1.165, 1.54) is 4.31 Å². The first-order chi connectivity index (χ1) is 12.3. The summed E-state index contributed by atoms with van der Waals surface area (Å²) in [6.45, 7) is 5.85. The second kappa shape index (κ2) is 9.51. The summed E-state index contributed by atoms with van der Waals surface area (Å²) in [4.78, 5) is 12.8. The van der Waals surface area contributed by atoms with E-state index in [9.17, 15) is 13.2 Å². The van der Waals surface area contributed by atoms with Gasteiger partial charge in [0.2, 0.25) is 15.9 Å². The van der Waals surface area contributed by atoms with Crippen molar-refractivity contribution in [2.24, 2.45) is 0 Å². The Hall–Kier alpha value is -1.40. The van der Waals surface area contributed by atoms with Crippen LogP contribution in [0.2, 0.25) is 0 Å². The summed E-state index contributed by atoms with van der Waals surface area (Å²) in [5.74, 6) is -0.216. The number of hydrogen-bond acceptors (Lipinski definition) is 3. The number of nitrogens with zero attached hydrogens (tertiary/aromatic N) is 1. The number of hydrogen-bond donors (Lipinski definition) is 1. The highest BCUT2D eigenvalue weighted by Crippen LogP contribution is 2.27. The second-order valence-corrected chi connectivity index (χ2v) is 9.30. The largest absolute Gasteiger partial charge is 0.353 e. The number of carbonyl (C=O) groups excluding carboxylic acids is 1. The van der Waals surface area contributed by atoms with Crippen LogP contribution in [-0.4, -0.2) is 37.3 Å². The predicted octanol–water partition coefficient (Wildman–Crippen LogP) is 3.62. The fraction of sp³-hybridized carbons (Fsp3) is 0.650. The van der Waals surface area contributed by atoms with Crippen LogP contribution in [-0.2, 0) is 14.8 Å². The van der Waals surface area contributed by atoms with Crippen molar-refractivity contribution < 1.29 is 13.2 Å². The zero-order chi connectivity index (χ0) is 19.2. The molecule has 0 spiro atoms. The first kappa shape index (κ1) is 20.9. The van der Waals surface area contributed by atoms with Gasteiger partial charge in [-0.25, -0.2) is 8.42 Å². The van der Waals surface area contributed by atoms with Gasteiger partial charge in [0.25, 0.3) is 0 Å². The maximum absolute atomic E-state index is 13.2. The Bertz CT molecular complexity index is 680. The molecular weight excluding hydrogens is 348 g/mol. The molecule has 1 aliphatic carbocycles. The van der Waals surface area contributed by atoms with Crippen molar-refractivity contribution in [3.8, 4) is 0 Å². The average molecular weight is 381 g/mol. The minimum Gasteiger partial charge on any atom is -0.353 e. The number of amides is 1. The molecule has 1 saturated carbocycles. The Morgan fingerprint density at radius 2 is 1.81 bits per heavy atom. The Kier molecular flexibility index (Phi) is 7.65. The molecule has 0 aliphatic heterocycles. The number of rotatable bonds is 8. The van der Waals surface area contributed by atoms with Gasteiger partial charge in [-0.3, -0.25) is 4.79 Å². The van der Waals surface area contributed by atoms with Gasteiger partial charge in [0.05, 0.1) is 11.4 Å². The average Bonchev–Trinajstić information content (AvgIpc) is 2.61. The molecule has 1 aromatic carbocycles. The van der Waals surface area contributed by atoms with Gasteiger partial charge in [0.15, 0.2) is 0 Å². The molecule has 1 unspecified atom stereocenters. The molecule has 6 heteroatoms. The monoisotopic (exact) mass is 380 g/mol. The van der Waals surface area contributed by atoms with E-state index in [1.54, 1.807) is 24.3 Å². The van der Waals surface area contributed by atoms with Crippen molar-refractivity contribution in [3.05, 3.63) is 29.8 Å². The van der Waals surface area contributed by atoms with Crippen LogP contribution in [0.4, 0.5) is 0 Å². The Labute approximate surface area is 158 Å². The fourth-order valence-electron chi connectivity index (χ4n) is 3.59. The summed E-state index contributed by atoms with van der Waals surface area (Å²) in [7, 11) is -3.69.